The fourth-order valence-corrected chi connectivity index (χ4v) is 1.28. The third kappa shape index (κ3) is 1.61. The van der Waals surface area contributed by atoms with Gasteiger partial charge in [0.1, 0.15) is 12.2 Å². The second-order valence-corrected chi connectivity index (χ2v) is 3.01. The molecule has 1 heterocycles. The SMILES string of the molecule is O=C(c1ccccc1)C1OC1CO. The summed E-state index contributed by atoms with van der Waals surface area (Å²) in [4.78, 5) is 11.5. The second kappa shape index (κ2) is 3.28. The summed E-state index contributed by atoms with van der Waals surface area (Å²) < 4.78 is 4.98. The van der Waals surface area contributed by atoms with E-state index in [0.29, 0.717) is 5.56 Å². The topological polar surface area (TPSA) is 49.8 Å². The number of hydrogen-bond acceptors (Lipinski definition) is 3. The van der Waals surface area contributed by atoms with Crippen LogP contribution < -0.4 is 0 Å². The van der Waals surface area contributed by atoms with E-state index in [4.69, 9.17) is 9.84 Å². The molecular formula is C10H10O3. The zero-order valence-corrected chi connectivity index (χ0v) is 7.01. The Kier molecular flexibility index (Phi) is 2.12. The van der Waals surface area contributed by atoms with Crippen LogP contribution in [-0.2, 0) is 4.74 Å². The Bertz CT molecular complexity index is 307. The van der Waals surface area contributed by atoms with E-state index in [1.165, 1.54) is 0 Å². The van der Waals surface area contributed by atoms with Crippen molar-refractivity contribution in [3.63, 3.8) is 0 Å². The average Bonchev–Trinajstić information content (AvgIpc) is 2.97. The van der Waals surface area contributed by atoms with Crippen molar-refractivity contribution in [2.45, 2.75) is 12.2 Å². The highest BCUT2D eigenvalue weighted by Gasteiger charge is 2.44. The van der Waals surface area contributed by atoms with Crippen molar-refractivity contribution in [1.29, 1.82) is 0 Å². The van der Waals surface area contributed by atoms with Crippen LogP contribution in [0.25, 0.3) is 0 Å². The van der Waals surface area contributed by atoms with Crippen molar-refractivity contribution in [2.75, 3.05) is 6.61 Å². The zero-order valence-electron chi connectivity index (χ0n) is 7.01. The lowest BCUT2D eigenvalue weighted by molar-refractivity contribution is 0.0953. The standard InChI is InChI=1S/C10H10O3/c11-6-8-10(13-8)9(12)7-4-2-1-3-5-7/h1-5,8,10-11H,6H2. The van der Waals surface area contributed by atoms with Crippen LogP contribution in [0.2, 0.25) is 0 Å². The molecule has 1 aromatic carbocycles. The number of ether oxygens (including phenoxy) is 1. The van der Waals surface area contributed by atoms with Crippen molar-refractivity contribution >= 4 is 5.78 Å². The van der Waals surface area contributed by atoms with Gasteiger partial charge in [-0.1, -0.05) is 30.3 Å². The van der Waals surface area contributed by atoms with Gasteiger partial charge in [0.2, 0.25) is 0 Å². The lowest BCUT2D eigenvalue weighted by atomic mass is 10.1. The number of hydrogen-bond donors (Lipinski definition) is 1. The first kappa shape index (κ1) is 8.41. The van der Waals surface area contributed by atoms with Crippen LogP contribution in [-0.4, -0.2) is 29.7 Å². The first-order valence-corrected chi connectivity index (χ1v) is 4.18. The zero-order chi connectivity index (χ0) is 9.26. The van der Waals surface area contributed by atoms with Gasteiger partial charge in [-0.25, -0.2) is 0 Å². The monoisotopic (exact) mass is 178 g/mol. The smallest absolute Gasteiger partial charge is 0.194 e. The maximum Gasteiger partial charge on any atom is 0.194 e. The number of aliphatic hydroxyl groups is 1. The molecule has 2 unspecified atom stereocenters. The molecule has 1 aliphatic heterocycles. The molecule has 68 valence electrons. The summed E-state index contributed by atoms with van der Waals surface area (Å²) in [5.41, 5.74) is 0.642. The summed E-state index contributed by atoms with van der Waals surface area (Å²) in [6.07, 6.45) is -0.708. The van der Waals surface area contributed by atoms with E-state index in [0.717, 1.165) is 0 Å². The Balaban J connectivity index is 2.07. The van der Waals surface area contributed by atoms with E-state index in [1.54, 1.807) is 12.1 Å². The van der Waals surface area contributed by atoms with Gasteiger partial charge in [0.25, 0.3) is 0 Å². The number of Topliss-reactive ketones (excluding diaryl/α,β-unsaturated/α-hetero) is 1. The molecule has 0 radical (unpaired) electrons. The molecule has 0 amide bonds. The summed E-state index contributed by atoms with van der Waals surface area (Å²) in [7, 11) is 0. The number of carbonyl (C=O) groups is 1. The van der Waals surface area contributed by atoms with Crippen molar-refractivity contribution in [3.05, 3.63) is 35.9 Å². The summed E-state index contributed by atoms with van der Waals surface area (Å²) in [5, 5.41) is 8.70. The van der Waals surface area contributed by atoms with Gasteiger partial charge in [-0.15, -0.1) is 0 Å². The van der Waals surface area contributed by atoms with Gasteiger partial charge in [0.15, 0.2) is 5.78 Å². The van der Waals surface area contributed by atoms with E-state index in [1.807, 2.05) is 18.2 Å². The van der Waals surface area contributed by atoms with Crippen LogP contribution >= 0.6 is 0 Å². The molecule has 0 spiro atoms. The highest BCUT2D eigenvalue weighted by Crippen LogP contribution is 2.25. The van der Waals surface area contributed by atoms with E-state index in [2.05, 4.69) is 0 Å². The molecule has 2 rings (SSSR count). The van der Waals surface area contributed by atoms with Gasteiger partial charge in [-0.3, -0.25) is 4.79 Å². The van der Waals surface area contributed by atoms with E-state index >= 15 is 0 Å². The van der Waals surface area contributed by atoms with Crippen LogP contribution in [0.4, 0.5) is 0 Å². The van der Waals surface area contributed by atoms with Crippen LogP contribution in [0.15, 0.2) is 30.3 Å². The molecule has 0 aromatic heterocycles. The molecule has 2 atom stereocenters. The van der Waals surface area contributed by atoms with Crippen LogP contribution in [0.1, 0.15) is 10.4 Å². The van der Waals surface area contributed by atoms with Crippen molar-refractivity contribution < 1.29 is 14.6 Å². The predicted molar refractivity (Wildman–Crippen MR) is 46.5 cm³/mol. The lowest BCUT2D eigenvalue weighted by Gasteiger charge is -1.94. The molecule has 0 bridgehead atoms. The molecule has 0 saturated carbocycles. The maximum atomic E-state index is 11.5. The minimum Gasteiger partial charge on any atom is -0.394 e. The van der Waals surface area contributed by atoms with E-state index in [-0.39, 0.29) is 18.5 Å². The largest absolute Gasteiger partial charge is 0.394 e. The Morgan fingerprint density at radius 3 is 2.62 bits per heavy atom. The average molecular weight is 178 g/mol. The second-order valence-electron chi connectivity index (χ2n) is 3.01. The Hall–Kier alpha value is -1.19. The molecular weight excluding hydrogens is 168 g/mol. The number of carbonyl (C=O) groups excluding carboxylic acids is 1. The normalized spacial score (nSPS) is 25.6. The first-order chi connectivity index (χ1) is 6.33. The Morgan fingerprint density at radius 1 is 1.38 bits per heavy atom. The van der Waals surface area contributed by atoms with E-state index < -0.39 is 6.10 Å². The number of epoxide rings is 1. The van der Waals surface area contributed by atoms with Gasteiger partial charge < -0.3 is 9.84 Å². The summed E-state index contributed by atoms with van der Waals surface area (Å²) in [6, 6.07) is 8.97. The van der Waals surface area contributed by atoms with Crippen LogP contribution in [0, 0.1) is 0 Å². The van der Waals surface area contributed by atoms with Gasteiger partial charge in [-0.2, -0.15) is 0 Å². The van der Waals surface area contributed by atoms with Crippen molar-refractivity contribution in [2.24, 2.45) is 0 Å². The summed E-state index contributed by atoms with van der Waals surface area (Å²) in [6.45, 7) is -0.0801. The van der Waals surface area contributed by atoms with E-state index in [9.17, 15) is 4.79 Å². The molecule has 1 N–H and O–H groups in total. The molecule has 1 fully saturated rings. The number of ketones is 1. The highest BCUT2D eigenvalue weighted by atomic mass is 16.6. The first-order valence-electron chi connectivity index (χ1n) is 4.18. The fraction of sp³-hybridized carbons (Fsp3) is 0.300. The molecule has 1 saturated heterocycles. The fourth-order valence-electron chi connectivity index (χ4n) is 1.28. The molecule has 1 aliphatic rings. The molecule has 3 heteroatoms. The molecule has 0 aliphatic carbocycles. The van der Waals surface area contributed by atoms with Gasteiger partial charge >= 0.3 is 0 Å². The third-order valence-electron chi connectivity index (χ3n) is 2.08. The number of rotatable bonds is 3. The minimum atomic E-state index is -0.424. The van der Waals surface area contributed by atoms with Gasteiger partial charge in [0.05, 0.1) is 6.61 Å². The summed E-state index contributed by atoms with van der Waals surface area (Å²) >= 11 is 0. The van der Waals surface area contributed by atoms with Crippen molar-refractivity contribution in [3.8, 4) is 0 Å². The molecule has 13 heavy (non-hydrogen) atoms. The highest BCUT2D eigenvalue weighted by molar-refractivity contribution is 6.01. The number of benzene rings is 1. The molecule has 1 aromatic rings. The Morgan fingerprint density at radius 2 is 2.08 bits per heavy atom. The summed E-state index contributed by atoms with van der Waals surface area (Å²) in [5.74, 6) is -0.0420. The quantitative estimate of drug-likeness (QED) is 0.545. The van der Waals surface area contributed by atoms with Crippen molar-refractivity contribution in [1.82, 2.24) is 0 Å². The van der Waals surface area contributed by atoms with Gasteiger partial charge in [0, 0.05) is 5.56 Å². The van der Waals surface area contributed by atoms with Crippen LogP contribution in [0.5, 0.6) is 0 Å². The number of aliphatic hydroxyl groups excluding tert-OH is 1. The Labute approximate surface area is 76.0 Å². The minimum absolute atomic E-state index is 0.0420. The van der Waals surface area contributed by atoms with Crippen LogP contribution in [0.3, 0.4) is 0 Å². The lowest BCUT2D eigenvalue weighted by Crippen LogP contribution is -2.11. The molecule has 3 nitrogen and oxygen atoms in total. The third-order valence-corrected chi connectivity index (χ3v) is 2.08. The maximum absolute atomic E-state index is 11.5. The predicted octanol–water partition coefficient (Wildman–Crippen LogP) is 0.629. The van der Waals surface area contributed by atoms with Gasteiger partial charge in [-0.05, 0) is 0 Å².